The molecule has 1 N–H and O–H groups in total. The first-order valence-electron chi connectivity index (χ1n) is 5.85. The van der Waals surface area contributed by atoms with Gasteiger partial charge in [0.15, 0.2) is 0 Å². The third-order valence-electron chi connectivity index (χ3n) is 2.65. The van der Waals surface area contributed by atoms with Crippen molar-refractivity contribution < 1.29 is 13.6 Å². The first-order valence-corrected chi connectivity index (χ1v) is 5.85. The maximum atomic E-state index is 13.4. The summed E-state index contributed by atoms with van der Waals surface area (Å²) in [5, 5.41) is 2.42. The number of nitrogens with one attached hydrogen (secondary N) is 1. The van der Waals surface area contributed by atoms with Crippen molar-refractivity contribution in [3.05, 3.63) is 65.2 Å². The molecule has 4 heteroatoms. The minimum atomic E-state index is -0.780. The Hall–Kier alpha value is -2.23. The molecule has 0 aliphatic carbocycles. The number of amides is 1. The molecule has 0 saturated carbocycles. The molecular formula is C15H13F2NO. The number of hydrogen-bond donors (Lipinski definition) is 1. The summed E-state index contributed by atoms with van der Waals surface area (Å²) in [6.45, 7) is 1.93. The van der Waals surface area contributed by atoms with Gasteiger partial charge in [0.05, 0.1) is 12.1 Å². The SMILES string of the molecule is Cc1cccc(CC(=O)Nc2ccc(F)cc2F)c1. The van der Waals surface area contributed by atoms with Crippen molar-refractivity contribution in [1.29, 1.82) is 0 Å². The van der Waals surface area contributed by atoms with E-state index < -0.39 is 11.6 Å². The van der Waals surface area contributed by atoms with Crippen LogP contribution < -0.4 is 5.32 Å². The van der Waals surface area contributed by atoms with E-state index in [0.717, 1.165) is 23.3 Å². The first-order chi connectivity index (χ1) is 9.04. The number of anilines is 1. The molecule has 0 aromatic heterocycles. The molecule has 0 fully saturated rings. The van der Waals surface area contributed by atoms with Crippen molar-refractivity contribution in [2.24, 2.45) is 0 Å². The van der Waals surface area contributed by atoms with Crippen LogP contribution in [0.2, 0.25) is 0 Å². The van der Waals surface area contributed by atoms with Gasteiger partial charge in [0, 0.05) is 6.07 Å². The second-order valence-electron chi connectivity index (χ2n) is 4.34. The fourth-order valence-electron chi connectivity index (χ4n) is 1.79. The molecule has 0 spiro atoms. The van der Waals surface area contributed by atoms with Gasteiger partial charge in [-0.3, -0.25) is 4.79 Å². The molecule has 2 aromatic carbocycles. The molecule has 0 atom stereocenters. The Morgan fingerprint density at radius 1 is 1.16 bits per heavy atom. The van der Waals surface area contributed by atoms with Crippen LogP contribution in [-0.4, -0.2) is 5.91 Å². The van der Waals surface area contributed by atoms with Gasteiger partial charge in [0.1, 0.15) is 11.6 Å². The Balaban J connectivity index is 2.05. The zero-order valence-electron chi connectivity index (χ0n) is 10.4. The molecule has 0 radical (unpaired) electrons. The Morgan fingerprint density at radius 2 is 1.95 bits per heavy atom. The van der Waals surface area contributed by atoms with E-state index >= 15 is 0 Å². The number of carbonyl (C=O) groups is 1. The molecule has 0 bridgehead atoms. The van der Waals surface area contributed by atoms with Crippen LogP contribution in [0.3, 0.4) is 0 Å². The van der Waals surface area contributed by atoms with E-state index in [1.54, 1.807) is 0 Å². The lowest BCUT2D eigenvalue weighted by Crippen LogP contribution is -2.15. The molecule has 0 aliphatic heterocycles. The fraction of sp³-hybridized carbons (Fsp3) is 0.133. The van der Waals surface area contributed by atoms with Crippen LogP contribution in [0.4, 0.5) is 14.5 Å². The monoisotopic (exact) mass is 261 g/mol. The highest BCUT2D eigenvalue weighted by Gasteiger charge is 2.08. The van der Waals surface area contributed by atoms with Crippen molar-refractivity contribution in [3.63, 3.8) is 0 Å². The van der Waals surface area contributed by atoms with Gasteiger partial charge in [-0.05, 0) is 24.6 Å². The summed E-state index contributed by atoms with van der Waals surface area (Å²) in [7, 11) is 0. The van der Waals surface area contributed by atoms with Gasteiger partial charge >= 0.3 is 0 Å². The molecule has 0 unspecified atom stereocenters. The fourth-order valence-corrected chi connectivity index (χ4v) is 1.79. The molecule has 2 nitrogen and oxygen atoms in total. The van der Waals surface area contributed by atoms with E-state index in [0.29, 0.717) is 0 Å². The van der Waals surface area contributed by atoms with Crippen molar-refractivity contribution in [2.45, 2.75) is 13.3 Å². The first kappa shape index (κ1) is 13.2. The summed E-state index contributed by atoms with van der Waals surface area (Å²) in [5.41, 5.74) is 1.89. The van der Waals surface area contributed by atoms with Crippen LogP contribution in [0.25, 0.3) is 0 Å². The third kappa shape index (κ3) is 3.61. The zero-order chi connectivity index (χ0) is 13.8. The Bertz CT molecular complexity index is 611. The van der Waals surface area contributed by atoms with Crippen LogP contribution in [0.5, 0.6) is 0 Å². The summed E-state index contributed by atoms with van der Waals surface area (Å²) >= 11 is 0. The highest BCUT2D eigenvalue weighted by Crippen LogP contribution is 2.15. The van der Waals surface area contributed by atoms with E-state index in [2.05, 4.69) is 5.32 Å². The molecular weight excluding hydrogens is 248 g/mol. The van der Waals surface area contributed by atoms with Gasteiger partial charge < -0.3 is 5.32 Å². The molecule has 0 saturated heterocycles. The van der Waals surface area contributed by atoms with E-state index in [1.165, 1.54) is 6.07 Å². The molecule has 2 aromatic rings. The molecule has 19 heavy (non-hydrogen) atoms. The Labute approximate surface area is 110 Å². The lowest BCUT2D eigenvalue weighted by atomic mass is 10.1. The van der Waals surface area contributed by atoms with E-state index in [1.807, 2.05) is 31.2 Å². The summed E-state index contributed by atoms with van der Waals surface area (Å²) in [6.07, 6.45) is 0.151. The number of carbonyl (C=O) groups excluding carboxylic acids is 1. The van der Waals surface area contributed by atoms with Crippen LogP contribution in [0.1, 0.15) is 11.1 Å². The van der Waals surface area contributed by atoms with Gasteiger partial charge in [-0.2, -0.15) is 0 Å². The van der Waals surface area contributed by atoms with Crippen LogP contribution in [0.15, 0.2) is 42.5 Å². The van der Waals surface area contributed by atoms with Gasteiger partial charge in [0.2, 0.25) is 5.91 Å². The highest BCUT2D eigenvalue weighted by atomic mass is 19.1. The van der Waals surface area contributed by atoms with E-state index in [4.69, 9.17) is 0 Å². The van der Waals surface area contributed by atoms with E-state index in [9.17, 15) is 13.6 Å². The summed E-state index contributed by atoms with van der Waals surface area (Å²) in [5.74, 6) is -1.79. The number of benzene rings is 2. The largest absolute Gasteiger partial charge is 0.323 e. The van der Waals surface area contributed by atoms with Crippen LogP contribution in [0, 0.1) is 18.6 Å². The number of rotatable bonds is 3. The van der Waals surface area contributed by atoms with Crippen molar-refractivity contribution in [1.82, 2.24) is 0 Å². The van der Waals surface area contributed by atoms with Crippen LogP contribution >= 0.6 is 0 Å². The standard InChI is InChI=1S/C15H13F2NO/c1-10-3-2-4-11(7-10)8-15(19)18-14-6-5-12(16)9-13(14)17/h2-7,9H,8H2,1H3,(H,18,19). The Morgan fingerprint density at radius 3 is 2.63 bits per heavy atom. The molecule has 0 heterocycles. The van der Waals surface area contributed by atoms with Gasteiger partial charge in [-0.15, -0.1) is 0 Å². The average Bonchev–Trinajstić information content (AvgIpc) is 2.33. The summed E-state index contributed by atoms with van der Waals surface area (Å²) in [6, 6.07) is 10.6. The Kier molecular flexibility index (Phi) is 3.90. The molecule has 98 valence electrons. The molecule has 0 aliphatic rings. The predicted molar refractivity (Wildman–Crippen MR) is 69.9 cm³/mol. The number of aryl methyl sites for hydroxylation is 1. The van der Waals surface area contributed by atoms with Gasteiger partial charge in [-0.25, -0.2) is 8.78 Å². The predicted octanol–water partition coefficient (Wildman–Crippen LogP) is 3.45. The normalized spacial score (nSPS) is 10.3. The maximum absolute atomic E-state index is 13.4. The lowest BCUT2D eigenvalue weighted by molar-refractivity contribution is -0.115. The van der Waals surface area contributed by atoms with Crippen molar-refractivity contribution in [3.8, 4) is 0 Å². The van der Waals surface area contributed by atoms with Crippen molar-refractivity contribution >= 4 is 11.6 Å². The van der Waals surface area contributed by atoms with E-state index in [-0.39, 0.29) is 18.0 Å². The van der Waals surface area contributed by atoms with Crippen LogP contribution in [-0.2, 0) is 11.2 Å². The summed E-state index contributed by atoms with van der Waals surface area (Å²) in [4.78, 5) is 11.8. The number of halogens is 2. The van der Waals surface area contributed by atoms with Gasteiger partial charge in [0.25, 0.3) is 0 Å². The smallest absolute Gasteiger partial charge is 0.228 e. The quantitative estimate of drug-likeness (QED) is 0.900. The topological polar surface area (TPSA) is 29.1 Å². The number of hydrogen-bond acceptors (Lipinski definition) is 1. The average molecular weight is 261 g/mol. The zero-order valence-corrected chi connectivity index (χ0v) is 10.4. The third-order valence-corrected chi connectivity index (χ3v) is 2.65. The molecule has 2 rings (SSSR count). The lowest BCUT2D eigenvalue weighted by Gasteiger charge is -2.07. The minimum absolute atomic E-state index is 0.0148. The second-order valence-corrected chi connectivity index (χ2v) is 4.34. The van der Waals surface area contributed by atoms with Crippen molar-refractivity contribution in [2.75, 3.05) is 5.32 Å². The maximum Gasteiger partial charge on any atom is 0.228 e. The second kappa shape index (κ2) is 5.61. The summed E-state index contributed by atoms with van der Waals surface area (Å²) < 4.78 is 26.1. The van der Waals surface area contributed by atoms with Gasteiger partial charge in [-0.1, -0.05) is 29.8 Å². The minimum Gasteiger partial charge on any atom is -0.323 e. The molecule has 1 amide bonds. The highest BCUT2D eigenvalue weighted by molar-refractivity contribution is 5.92.